The molecular formula is C22H22B11N4O. The van der Waals surface area contributed by atoms with Crippen LogP contribution in [0.15, 0.2) is 60.9 Å². The summed E-state index contributed by atoms with van der Waals surface area (Å²) in [5.74, 6) is 0.140. The molecule has 16 heteroatoms. The number of nitrogens with zero attached hydrogens (tertiary/aromatic N) is 4. The Kier molecular flexibility index (Phi) is 10.7. The highest BCUT2D eigenvalue weighted by Crippen LogP contribution is 2.31. The number of carbonyl (C=O) groups is 1. The molecule has 0 aliphatic carbocycles. The van der Waals surface area contributed by atoms with Crippen molar-refractivity contribution in [2.24, 2.45) is 0 Å². The molecule has 4 heterocycles. The zero-order chi connectivity index (χ0) is 28.0. The fourth-order valence-corrected chi connectivity index (χ4v) is 4.14. The molecule has 2 aromatic carbocycles. The number of benzene rings is 2. The smallest absolute Gasteiger partial charge is 0.246 e. The van der Waals surface area contributed by atoms with Crippen LogP contribution in [0.4, 0.5) is 11.4 Å². The predicted molar refractivity (Wildman–Crippen MR) is 174 cm³/mol. The fourth-order valence-electron chi connectivity index (χ4n) is 4.14. The Hall–Kier alpha value is -2.50. The van der Waals surface area contributed by atoms with Gasteiger partial charge in [0.05, 0.1) is 22.4 Å². The van der Waals surface area contributed by atoms with Crippen LogP contribution in [0.1, 0.15) is 0 Å². The van der Waals surface area contributed by atoms with Crippen molar-refractivity contribution in [1.29, 1.82) is 0 Å². The molecule has 0 N–H and O–H groups in total. The average molecular weight is 477 g/mol. The number of aromatic nitrogens is 2. The van der Waals surface area contributed by atoms with Crippen LogP contribution < -0.4 is 9.80 Å². The van der Waals surface area contributed by atoms with Crippen molar-refractivity contribution in [3.63, 3.8) is 0 Å². The quantitative estimate of drug-likeness (QED) is 0.366. The van der Waals surface area contributed by atoms with Crippen LogP contribution in [0.3, 0.4) is 0 Å². The summed E-state index contributed by atoms with van der Waals surface area (Å²) >= 11 is 0. The number of rotatable bonds is 2. The molecule has 2 aliphatic heterocycles. The summed E-state index contributed by atoms with van der Waals surface area (Å²) in [6.45, 7) is 2.68. The van der Waals surface area contributed by atoms with Gasteiger partial charge in [0, 0.05) is 131 Å². The van der Waals surface area contributed by atoms with Gasteiger partial charge in [-0.3, -0.25) is 4.79 Å². The Morgan fingerprint density at radius 1 is 0.737 bits per heavy atom. The van der Waals surface area contributed by atoms with Crippen LogP contribution in [-0.2, 0) is 17.9 Å². The number of para-hydroxylation sites is 2. The first-order valence-electron chi connectivity index (χ1n) is 12.3. The van der Waals surface area contributed by atoms with E-state index in [0.717, 1.165) is 24.3 Å². The van der Waals surface area contributed by atoms with Crippen LogP contribution in [0.25, 0.3) is 21.8 Å². The van der Waals surface area contributed by atoms with E-state index >= 15 is 0 Å². The van der Waals surface area contributed by atoms with Crippen LogP contribution in [-0.4, -0.2) is 116 Å². The monoisotopic (exact) mass is 479 g/mol. The number of hydrogen-bond acceptors (Lipinski definition) is 2. The Bertz CT molecular complexity index is 1350. The van der Waals surface area contributed by atoms with Crippen molar-refractivity contribution in [3.8, 4) is 0 Å². The molecule has 6 rings (SSSR count). The normalized spacial score (nSPS) is 12.8. The zero-order valence-corrected chi connectivity index (χ0v) is 21.9. The van der Waals surface area contributed by atoms with Crippen LogP contribution in [0.5, 0.6) is 0 Å². The van der Waals surface area contributed by atoms with Gasteiger partial charge in [-0.2, -0.15) is 0 Å². The van der Waals surface area contributed by atoms with Gasteiger partial charge in [0.25, 0.3) is 0 Å². The molecule has 2 aliphatic rings. The van der Waals surface area contributed by atoms with Gasteiger partial charge in [-0.1, -0.05) is 24.3 Å². The lowest BCUT2D eigenvalue weighted by Crippen LogP contribution is -2.38. The maximum atomic E-state index is 11.6. The summed E-state index contributed by atoms with van der Waals surface area (Å²) in [6, 6.07) is 16.8. The highest BCUT2D eigenvalue weighted by molar-refractivity contribution is 7.76. The van der Waals surface area contributed by atoms with E-state index in [2.05, 4.69) is 53.0 Å². The van der Waals surface area contributed by atoms with Gasteiger partial charge in [-0.05, 0) is 24.3 Å². The SMILES string of the molecule is CN1C(=O)Cn2ccc3cccc1c32.CN1CCn2ccc3cccc1c32.[B]B([B])B([B])[B].[B][B]B([B])[B]. The predicted octanol–water partition coefficient (Wildman–Crippen LogP) is -0.480. The molecular weight excluding hydrogens is 455 g/mol. The summed E-state index contributed by atoms with van der Waals surface area (Å²) in [5.41, 5.74) is 4.91. The number of carbonyl (C=O) groups excluding carboxylic acids is 1. The van der Waals surface area contributed by atoms with Gasteiger partial charge < -0.3 is 18.9 Å². The molecule has 2 aromatic heterocycles. The number of amides is 1. The van der Waals surface area contributed by atoms with E-state index in [-0.39, 0.29) is 5.91 Å². The first kappa shape index (κ1) is 30.1. The minimum atomic E-state index is -0.593. The molecule has 0 unspecified atom stereocenters. The molecule has 0 bridgehead atoms. The summed E-state index contributed by atoms with van der Waals surface area (Å²) in [4.78, 5) is 15.6. The standard InChI is InChI=1S/C11H10N2O.C11H12N2.B6.B5/c1-12-9-4-2-3-8-5-6-13(11(8)9)7-10(12)14;1-12-7-8-13-6-5-9-3-2-4-10(12)11(9)13;1-5(2)6(3)4;1-4-5(2)3/h2-6H,7H2,1H3;2-6H,7-8H2,1H3;;. The first-order valence-corrected chi connectivity index (χ1v) is 12.3. The Balaban J connectivity index is 0.000000154. The zero-order valence-electron chi connectivity index (χ0n) is 21.9. The van der Waals surface area contributed by atoms with Crippen molar-refractivity contribution in [2.75, 3.05) is 30.4 Å². The molecule has 5 nitrogen and oxygen atoms in total. The van der Waals surface area contributed by atoms with Gasteiger partial charge in [-0.25, -0.2) is 0 Å². The van der Waals surface area contributed by atoms with Gasteiger partial charge in [0.15, 0.2) is 0 Å². The third-order valence-electron chi connectivity index (χ3n) is 6.33. The van der Waals surface area contributed by atoms with E-state index < -0.39 is 19.2 Å². The Morgan fingerprint density at radius 2 is 1.24 bits per heavy atom. The van der Waals surface area contributed by atoms with Crippen molar-refractivity contribution in [2.45, 2.75) is 13.1 Å². The number of likely N-dealkylation sites (N-methyl/N-ethyl adjacent to an activating group) is 2. The van der Waals surface area contributed by atoms with Crippen molar-refractivity contribution in [1.82, 2.24) is 9.13 Å². The first-order chi connectivity index (χ1) is 18.0. The maximum absolute atomic E-state index is 11.6. The van der Waals surface area contributed by atoms with Crippen LogP contribution >= 0.6 is 0 Å². The third-order valence-corrected chi connectivity index (χ3v) is 6.33. The molecule has 0 spiro atoms. The number of anilines is 2. The average Bonchev–Trinajstić information content (AvgIpc) is 3.51. The van der Waals surface area contributed by atoms with Crippen molar-refractivity contribution in [3.05, 3.63) is 60.9 Å². The lowest BCUT2D eigenvalue weighted by atomic mass is 8.81. The molecule has 0 fully saturated rings. The maximum Gasteiger partial charge on any atom is 0.246 e. The van der Waals surface area contributed by atoms with Gasteiger partial charge in [0.1, 0.15) is 6.54 Å². The third kappa shape index (κ3) is 7.12. The fraction of sp³-hybridized carbons (Fsp3) is 0.227. The van der Waals surface area contributed by atoms with Gasteiger partial charge in [0.2, 0.25) is 5.91 Å². The van der Waals surface area contributed by atoms with Gasteiger partial charge in [-0.15, -0.1) is 0 Å². The van der Waals surface area contributed by atoms with E-state index in [0.29, 0.717) is 6.54 Å². The molecule has 0 saturated heterocycles. The molecule has 15 radical (unpaired) electrons. The molecule has 4 aromatic rings. The lowest BCUT2D eigenvalue weighted by molar-refractivity contribution is -0.119. The molecule has 169 valence electrons. The van der Waals surface area contributed by atoms with Crippen LogP contribution in [0, 0.1) is 0 Å². The Morgan fingerprint density at radius 3 is 1.76 bits per heavy atom. The summed E-state index contributed by atoms with van der Waals surface area (Å²) in [7, 11) is 39.6. The molecule has 1 amide bonds. The Labute approximate surface area is 237 Å². The molecule has 0 atom stereocenters. The minimum absolute atomic E-state index is 0.140. The highest BCUT2D eigenvalue weighted by atomic mass is 16.2. The molecule has 38 heavy (non-hydrogen) atoms. The van der Waals surface area contributed by atoms with E-state index in [1.165, 1.54) is 29.0 Å². The van der Waals surface area contributed by atoms with Gasteiger partial charge >= 0.3 is 0 Å². The minimum Gasteiger partial charge on any atom is -0.371 e. The second-order valence-electron chi connectivity index (χ2n) is 9.18. The van der Waals surface area contributed by atoms with E-state index in [9.17, 15) is 4.79 Å². The lowest BCUT2D eigenvalue weighted by Gasteiger charge is -2.26. The summed E-state index contributed by atoms with van der Waals surface area (Å²) < 4.78 is 4.34. The van der Waals surface area contributed by atoms with Crippen LogP contribution in [0.2, 0.25) is 0 Å². The second-order valence-corrected chi connectivity index (χ2v) is 9.18. The van der Waals surface area contributed by atoms with E-state index in [1.807, 2.05) is 36.0 Å². The molecule has 0 saturated carbocycles. The number of hydrogen-bond donors (Lipinski definition) is 0. The topological polar surface area (TPSA) is 33.4 Å². The van der Waals surface area contributed by atoms with E-state index in [4.69, 9.17) is 54.2 Å². The van der Waals surface area contributed by atoms with Crippen molar-refractivity contribution >= 4 is 119 Å². The largest absolute Gasteiger partial charge is 0.371 e. The summed E-state index contributed by atoms with van der Waals surface area (Å²) in [5, 5.41) is 2.55. The highest BCUT2D eigenvalue weighted by Gasteiger charge is 2.21. The van der Waals surface area contributed by atoms with Crippen molar-refractivity contribution < 1.29 is 4.79 Å². The second kappa shape index (κ2) is 13.5. The van der Waals surface area contributed by atoms with E-state index in [1.54, 1.807) is 4.90 Å². The summed E-state index contributed by atoms with van der Waals surface area (Å²) in [6.07, 6.45) is 2.50.